The monoisotopic (exact) mass is 288 g/mol. The molecule has 0 aliphatic heterocycles. The summed E-state index contributed by atoms with van der Waals surface area (Å²) in [5.74, 6) is 0. The van der Waals surface area contributed by atoms with Crippen molar-refractivity contribution >= 4 is 27.3 Å². The molecule has 0 unspecified atom stereocenters. The van der Waals surface area contributed by atoms with Crippen LogP contribution in [0.15, 0.2) is 23.1 Å². The molecule has 4 nitrogen and oxygen atoms in total. The van der Waals surface area contributed by atoms with Gasteiger partial charge < -0.3 is 5.73 Å². The minimum absolute atomic E-state index is 0.142. The normalized spacial score (nSPS) is 16.2. The van der Waals surface area contributed by atoms with Gasteiger partial charge in [-0.3, -0.25) is 0 Å². The van der Waals surface area contributed by atoms with Crippen LogP contribution in [0.5, 0.6) is 0 Å². The predicted octanol–water partition coefficient (Wildman–Crippen LogP) is 2.49. The van der Waals surface area contributed by atoms with Gasteiger partial charge >= 0.3 is 0 Å². The molecule has 0 spiro atoms. The van der Waals surface area contributed by atoms with Crippen molar-refractivity contribution < 1.29 is 8.42 Å². The topological polar surface area (TPSA) is 63.4 Å². The summed E-state index contributed by atoms with van der Waals surface area (Å²) in [6.45, 7) is 2.50. The minimum atomic E-state index is -3.50. The van der Waals surface area contributed by atoms with Crippen LogP contribution in [0.1, 0.15) is 26.2 Å². The molecule has 0 amide bonds. The number of anilines is 1. The highest BCUT2D eigenvalue weighted by Gasteiger charge is 2.38. The Hall–Kier alpha value is -0.780. The fourth-order valence-electron chi connectivity index (χ4n) is 1.93. The highest BCUT2D eigenvalue weighted by atomic mass is 35.5. The molecular weight excluding hydrogens is 272 g/mol. The average molecular weight is 289 g/mol. The number of nitrogen functional groups attached to an aromatic ring is 1. The molecular formula is C12H17ClN2O2S. The highest BCUT2D eigenvalue weighted by Crippen LogP contribution is 2.34. The van der Waals surface area contributed by atoms with Gasteiger partial charge in [0.1, 0.15) is 4.90 Å². The van der Waals surface area contributed by atoms with Crippen LogP contribution >= 0.6 is 11.6 Å². The molecule has 2 N–H and O–H groups in total. The van der Waals surface area contributed by atoms with Gasteiger partial charge in [-0.15, -0.1) is 0 Å². The quantitative estimate of drug-likeness (QED) is 0.847. The number of nitrogens with zero attached hydrogens (tertiary/aromatic N) is 1. The molecule has 100 valence electrons. The van der Waals surface area contributed by atoms with Crippen molar-refractivity contribution in [3.63, 3.8) is 0 Å². The molecule has 1 aromatic carbocycles. The summed E-state index contributed by atoms with van der Waals surface area (Å²) < 4.78 is 26.6. The number of rotatable bonds is 5. The second-order valence-electron chi connectivity index (χ2n) is 4.54. The number of sulfonamides is 1. The molecule has 0 saturated heterocycles. The van der Waals surface area contributed by atoms with E-state index in [0.29, 0.717) is 12.2 Å². The standard InChI is InChI=1S/C12H17ClN2O2S/c1-2-7-15(10-4-5-10)18(16,17)12-6-3-9(14)8-11(12)13/h3,6,8,10H,2,4-5,7,14H2,1H3. The van der Waals surface area contributed by atoms with Crippen LogP contribution in [0.4, 0.5) is 5.69 Å². The molecule has 0 radical (unpaired) electrons. The molecule has 0 bridgehead atoms. The molecule has 1 aliphatic rings. The van der Waals surface area contributed by atoms with Gasteiger partial charge in [-0.1, -0.05) is 18.5 Å². The van der Waals surface area contributed by atoms with Crippen molar-refractivity contribution in [1.29, 1.82) is 0 Å². The third kappa shape index (κ3) is 2.63. The molecule has 2 rings (SSSR count). The second-order valence-corrected chi connectivity index (χ2v) is 6.80. The Morgan fingerprint density at radius 1 is 1.44 bits per heavy atom. The van der Waals surface area contributed by atoms with E-state index in [4.69, 9.17) is 17.3 Å². The molecule has 18 heavy (non-hydrogen) atoms. The lowest BCUT2D eigenvalue weighted by Crippen LogP contribution is -2.34. The summed E-state index contributed by atoms with van der Waals surface area (Å²) in [5, 5.41) is 0.191. The first-order valence-electron chi connectivity index (χ1n) is 6.03. The van der Waals surface area contributed by atoms with E-state index < -0.39 is 10.0 Å². The Kier molecular flexibility index (Phi) is 3.84. The van der Waals surface area contributed by atoms with Crippen molar-refractivity contribution in [1.82, 2.24) is 4.31 Å². The zero-order valence-electron chi connectivity index (χ0n) is 10.3. The van der Waals surface area contributed by atoms with Gasteiger partial charge in [-0.25, -0.2) is 8.42 Å². The Morgan fingerprint density at radius 2 is 2.11 bits per heavy atom. The summed E-state index contributed by atoms with van der Waals surface area (Å²) in [6, 6.07) is 4.67. The van der Waals surface area contributed by atoms with Crippen LogP contribution in [0.2, 0.25) is 5.02 Å². The lowest BCUT2D eigenvalue weighted by atomic mass is 10.3. The van der Waals surface area contributed by atoms with Gasteiger partial charge in [0, 0.05) is 18.3 Å². The Morgan fingerprint density at radius 3 is 2.61 bits per heavy atom. The lowest BCUT2D eigenvalue weighted by Gasteiger charge is -2.21. The second kappa shape index (κ2) is 5.07. The molecule has 6 heteroatoms. The van der Waals surface area contributed by atoms with Crippen LogP contribution in [-0.2, 0) is 10.0 Å². The van der Waals surface area contributed by atoms with Gasteiger partial charge in [0.2, 0.25) is 10.0 Å². The molecule has 1 aliphatic carbocycles. The maximum atomic E-state index is 12.5. The lowest BCUT2D eigenvalue weighted by molar-refractivity contribution is 0.403. The Labute approximate surface area is 113 Å². The van der Waals surface area contributed by atoms with E-state index in [1.807, 2.05) is 6.92 Å². The van der Waals surface area contributed by atoms with Crippen LogP contribution < -0.4 is 5.73 Å². The maximum Gasteiger partial charge on any atom is 0.244 e. The van der Waals surface area contributed by atoms with Crippen molar-refractivity contribution in [2.45, 2.75) is 37.1 Å². The van der Waals surface area contributed by atoms with Gasteiger partial charge in [0.15, 0.2) is 0 Å². The molecule has 0 aromatic heterocycles. The van der Waals surface area contributed by atoms with Crippen LogP contribution in [0.25, 0.3) is 0 Å². The van der Waals surface area contributed by atoms with Crippen molar-refractivity contribution in [2.75, 3.05) is 12.3 Å². The first kappa shape index (κ1) is 13.6. The van der Waals surface area contributed by atoms with E-state index in [-0.39, 0.29) is 16.0 Å². The largest absolute Gasteiger partial charge is 0.399 e. The zero-order valence-corrected chi connectivity index (χ0v) is 11.8. The first-order valence-corrected chi connectivity index (χ1v) is 7.85. The van der Waals surface area contributed by atoms with E-state index in [1.165, 1.54) is 12.1 Å². The Balaban J connectivity index is 2.39. The van der Waals surface area contributed by atoms with Crippen molar-refractivity contribution in [3.05, 3.63) is 23.2 Å². The van der Waals surface area contributed by atoms with E-state index in [0.717, 1.165) is 19.3 Å². The predicted molar refractivity (Wildman–Crippen MR) is 73.1 cm³/mol. The average Bonchev–Trinajstić information content (AvgIpc) is 3.08. The van der Waals surface area contributed by atoms with Crippen molar-refractivity contribution in [2.24, 2.45) is 0 Å². The summed E-state index contributed by atoms with van der Waals surface area (Å²) >= 11 is 6.00. The number of nitrogens with two attached hydrogens (primary N) is 1. The van der Waals surface area contributed by atoms with Crippen LogP contribution in [0, 0.1) is 0 Å². The molecule has 1 fully saturated rings. The number of benzene rings is 1. The SMILES string of the molecule is CCCN(C1CC1)S(=O)(=O)c1ccc(N)cc1Cl. The zero-order chi connectivity index (χ0) is 13.3. The van der Waals surface area contributed by atoms with Crippen molar-refractivity contribution in [3.8, 4) is 0 Å². The van der Waals surface area contributed by atoms with Crippen LogP contribution in [0.3, 0.4) is 0 Å². The molecule has 1 saturated carbocycles. The summed E-state index contributed by atoms with van der Waals surface area (Å²) in [6.07, 6.45) is 2.67. The summed E-state index contributed by atoms with van der Waals surface area (Å²) in [5.41, 5.74) is 6.05. The Bertz CT molecular complexity index is 541. The van der Waals surface area contributed by atoms with E-state index in [2.05, 4.69) is 0 Å². The van der Waals surface area contributed by atoms with Gasteiger partial charge in [-0.2, -0.15) is 4.31 Å². The van der Waals surface area contributed by atoms with Gasteiger partial charge in [0.05, 0.1) is 5.02 Å². The molecule has 1 aromatic rings. The third-order valence-corrected chi connectivity index (χ3v) is 5.38. The number of hydrogen-bond donors (Lipinski definition) is 1. The summed E-state index contributed by atoms with van der Waals surface area (Å²) in [4.78, 5) is 0.152. The molecule has 0 heterocycles. The number of hydrogen-bond acceptors (Lipinski definition) is 3. The van der Waals surface area contributed by atoms with E-state index in [9.17, 15) is 8.42 Å². The summed E-state index contributed by atoms with van der Waals surface area (Å²) in [7, 11) is -3.50. The fraction of sp³-hybridized carbons (Fsp3) is 0.500. The fourth-order valence-corrected chi connectivity index (χ4v) is 4.24. The maximum absolute atomic E-state index is 12.5. The van der Waals surface area contributed by atoms with Gasteiger partial charge in [-0.05, 0) is 37.5 Å². The van der Waals surface area contributed by atoms with E-state index >= 15 is 0 Å². The first-order chi connectivity index (χ1) is 8.46. The van der Waals surface area contributed by atoms with Gasteiger partial charge in [0.25, 0.3) is 0 Å². The smallest absolute Gasteiger partial charge is 0.244 e. The number of halogens is 1. The minimum Gasteiger partial charge on any atom is -0.399 e. The third-order valence-electron chi connectivity index (χ3n) is 2.94. The van der Waals surface area contributed by atoms with E-state index in [1.54, 1.807) is 10.4 Å². The molecule has 0 atom stereocenters. The van der Waals surface area contributed by atoms with Crippen LogP contribution in [-0.4, -0.2) is 25.3 Å². The highest BCUT2D eigenvalue weighted by molar-refractivity contribution is 7.89.